The van der Waals surface area contributed by atoms with Crippen LogP contribution in [0.15, 0.2) is 30.3 Å². The van der Waals surface area contributed by atoms with Gasteiger partial charge in [-0.15, -0.1) is 0 Å². The molecular weight excluding hydrogens is 269 g/mol. The monoisotopic (exact) mass is 287 g/mol. The van der Waals surface area contributed by atoms with Crippen LogP contribution in [0.2, 0.25) is 0 Å². The fourth-order valence-electron chi connectivity index (χ4n) is 1.39. The summed E-state index contributed by atoms with van der Waals surface area (Å²) in [7, 11) is 0. The Morgan fingerprint density at radius 1 is 1.29 bits per heavy atom. The quantitative estimate of drug-likeness (QED) is 0.344. The zero-order chi connectivity index (χ0) is 12.5. The third-order valence-electron chi connectivity index (χ3n) is 2.38. The first-order valence-corrected chi connectivity index (χ1v) is 8.05. The van der Waals surface area contributed by atoms with E-state index in [0.717, 1.165) is 31.9 Å². The third kappa shape index (κ3) is 6.15. The molecule has 0 heterocycles. The van der Waals surface area contributed by atoms with Crippen molar-refractivity contribution in [1.29, 1.82) is 0 Å². The molecule has 17 heavy (non-hydrogen) atoms. The summed E-state index contributed by atoms with van der Waals surface area (Å²) in [5.74, 6) is 6.40. The van der Waals surface area contributed by atoms with E-state index in [2.05, 4.69) is 45.5 Å². The predicted octanol–water partition coefficient (Wildman–Crippen LogP) is 3.85. The van der Waals surface area contributed by atoms with E-state index in [9.17, 15) is 0 Å². The molecule has 1 rings (SSSR count). The van der Waals surface area contributed by atoms with Gasteiger partial charge in [0.05, 0.1) is 0 Å². The van der Waals surface area contributed by atoms with Crippen molar-refractivity contribution >= 4 is 6.98 Å². The summed E-state index contributed by atoms with van der Waals surface area (Å²) in [6.45, 7) is 6.59. The Kier molecular flexibility index (Phi) is 7.41. The van der Waals surface area contributed by atoms with Crippen LogP contribution in [-0.4, -0.2) is 17.3 Å². The zero-order valence-corrected chi connectivity index (χ0v) is 12.3. The fourth-order valence-corrected chi connectivity index (χ4v) is 2.86. The van der Waals surface area contributed by atoms with E-state index in [4.69, 9.17) is 0 Å². The second-order valence-electron chi connectivity index (χ2n) is 4.10. The number of hydrogen-bond acceptors (Lipinski definition) is 1. The average molecular weight is 287 g/mol. The Hall–Kier alpha value is -0.441. The first-order chi connectivity index (χ1) is 8.24. The first kappa shape index (κ1) is 14.6. The summed E-state index contributed by atoms with van der Waals surface area (Å²) in [5.41, 5.74) is 1.10. The second kappa shape index (κ2) is 8.62. The van der Waals surface area contributed by atoms with Crippen molar-refractivity contribution < 1.29 is 15.1 Å². The van der Waals surface area contributed by atoms with Gasteiger partial charge in [0, 0.05) is 0 Å². The Labute approximate surface area is 114 Å². The molecular formula is C14H18FeNP. The van der Waals surface area contributed by atoms with Gasteiger partial charge in [-0.05, 0) is 0 Å². The summed E-state index contributed by atoms with van der Waals surface area (Å²) in [6.07, 6.45) is 2.06. The number of hydrogen-bond donors (Lipinski definition) is 0. The molecule has 0 aliphatic rings. The van der Waals surface area contributed by atoms with E-state index < -0.39 is 0 Å². The van der Waals surface area contributed by atoms with Crippen LogP contribution in [-0.2, 0) is 15.1 Å². The molecule has 0 amide bonds. The van der Waals surface area contributed by atoms with Gasteiger partial charge in [0.25, 0.3) is 0 Å². The zero-order valence-electron chi connectivity index (χ0n) is 10.3. The Morgan fingerprint density at radius 2 is 2.00 bits per heavy atom. The van der Waals surface area contributed by atoms with Crippen molar-refractivity contribution in [2.75, 3.05) is 6.54 Å². The van der Waals surface area contributed by atoms with Gasteiger partial charge in [0.15, 0.2) is 0 Å². The summed E-state index contributed by atoms with van der Waals surface area (Å²) < 4.78 is 2.34. The van der Waals surface area contributed by atoms with E-state index >= 15 is 0 Å². The maximum atomic E-state index is 3.92. The molecule has 0 bridgehead atoms. The van der Waals surface area contributed by atoms with E-state index in [1.54, 1.807) is 0 Å². The Bertz CT molecular complexity index is 392. The van der Waals surface area contributed by atoms with Crippen LogP contribution in [0.5, 0.6) is 0 Å². The topological polar surface area (TPSA) is 3.24 Å². The molecule has 92 valence electrons. The molecule has 0 spiro atoms. The number of unbranched alkanes of at least 4 members (excludes halogenated alkanes) is 1. The number of rotatable bonds is 5. The fraction of sp³-hybridized carbons (Fsp3) is 0.429. The first-order valence-electron chi connectivity index (χ1n) is 5.85. The predicted molar refractivity (Wildman–Crippen MR) is 71.3 cm³/mol. The molecule has 0 fully saturated rings. The van der Waals surface area contributed by atoms with Crippen molar-refractivity contribution in [3.8, 4) is 11.8 Å². The molecule has 0 atom stereocenters. The minimum absolute atomic E-state index is 0.566. The summed E-state index contributed by atoms with van der Waals surface area (Å²) in [6, 6.07) is 10.7. The van der Waals surface area contributed by atoms with Gasteiger partial charge in [-0.1, -0.05) is 0 Å². The van der Waals surface area contributed by atoms with Gasteiger partial charge in [-0.25, -0.2) is 0 Å². The SMILES string of the molecule is CC(C)N(CCCC#Cc1ccccc1)[P]=[Fe]. The van der Waals surface area contributed by atoms with Gasteiger partial charge in [-0.2, -0.15) is 0 Å². The Balaban J connectivity index is 2.29. The molecule has 0 radical (unpaired) electrons. The molecule has 3 heteroatoms. The van der Waals surface area contributed by atoms with Crippen LogP contribution in [0, 0.1) is 11.8 Å². The molecule has 1 nitrogen and oxygen atoms in total. The van der Waals surface area contributed by atoms with E-state index in [1.165, 1.54) is 0 Å². The van der Waals surface area contributed by atoms with Gasteiger partial charge in [0.1, 0.15) is 0 Å². The molecule has 0 saturated carbocycles. The van der Waals surface area contributed by atoms with Crippen molar-refractivity contribution in [2.45, 2.75) is 32.7 Å². The van der Waals surface area contributed by atoms with Crippen LogP contribution in [0.3, 0.4) is 0 Å². The van der Waals surface area contributed by atoms with Gasteiger partial charge >= 0.3 is 114 Å². The van der Waals surface area contributed by atoms with E-state index in [0.29, 0.717) is 6.04 Å². The molecule has 0 unspecified atom stereocenters. The minimum atomic E-state index is 0.566. The average Bonchev–Trinajstić information content (AvgIpc) is 2.34. The molecule has 0 saturated heterocycles. The number of benzene rings is 1. The third-order valence-corrected chi connectivity index (χ3v) is 4.08. The van der Waals surface area contributed by atoms with Crippen LogP contribution < -0.4 is 0 Å². The van der Waals surface area contributed by atoms with Crippen LogP contribution in [0.1, 0.15) is 32.3 Å². The van der Waals surface area contributed by atoms with Crippen molar-refractivity contribution in [3.05, 3.63) is 35.9 Å². The standard InChI is InChI=1S/C14H18NP.Fe/c1-13(2)15(16)12-8-4-7-11-14-9-5-3-6-10-14;/h3,5-6,9-10,13H,4,8,12H2,1-2H3;. The van der Waals surface area contributed by atoms with Crippen LogP contribution in [0.4, 0.5) is 0 Å². The van der Waals surface area contributed by atoms with Crippen molar-refractivity contribution in [2.24, 2.45) is 0 Å². The van der Waals surface area contributed by atoms with Gasteiger partial charge in [0.2, 0.25) is 0 Å². The van der Waals surface area contributed by atoms with Gasteiger partial charge in [-0.3, -0.25) is 0 Å². The Morgan fingerprint density at radius 3 is 2.59 bits per heavy atom. The summed E-state index contributed by atoms with van der Waals surface area (Å²) >= 11 is 3.92. The second-order valence-corrected chi connectivity index (χ2v) is 5.42. The normalized spacial score (nSPS) is 10.6. The molecule has 0 aliphatic carbocycles. The van der Waals surface area contributed by atoms with Crippen molar-refractivity contribution in [1.82, 2.24) is 4.67 Å². The molecule has 0 aromatic heterocycles. The van der Waals surface area contributed by atoms with E-state index in [1.807, 2.05) is 30.3 Å². The number of nitrogens with zero attached hydrogens (tertiary/aromatic N) is 1. The molecule has 1 aromatic carbocycles. The summed E-state index contributed by atoms with van der Waals surface area (Å²) in [4.78, 5) is 0. The van der Waals surface area contributed by atoms with Crippen LogP contribution in [0.25, 0.3) is 0 Å². The van der Waals surface area contributed by atoms with Gasteiger partial charge < -0.3 is 0 Å². The van der Waals surface area contributed by atoms with Crippen molar-refractivity contribution in [3.63, 3.8) is 0 Å². The van der Waals surface area contributed by atoms with Crippen LogP contribution >= 0.6 is 6.98 Å². The molecule has 0 N–H and O–H groups in total. The summed E-state index contributed by atoms with van der Waals surface area (Å²) in [5, 5.41) is 0. The van der Waals surface area contributed by atoms with E-state index in [-0.39, 0.29) is 0 Å². The molecule has 1 aromatic rings. The molecule has 0 aliphatic heterocycles. The maximum absolute atomic E-state index is 3.92.